The predicted molar refractivity (Wildman–Crippen MR) is 247 cm³/mol. The van der Waals surface area contributed by atoms with Crippen molar-refractivity contribution in [2.45, 2.75) is 12.8 Å². The third-order valence-electron chi connectivity index (χ3n) is 11.4. The normalized spacial score (nSPS) is 13.6. The quantitative estimate of drug-likeness (QED) is 0.102. The lowest BCUT2D eigenvalue weighted by Crippen LogP contribution is -2.68. The van der Waals surface area contributed by atoms with E-state index in [4.69, 9.17) is 4.42 Å². The molecule has 0 radical (unpaired) electrons. The van der Waals surface area contributed by atoms with Gasteiger partial charge in [-0.25, -0.2) is 0 Å². The highest BCUT2D eigenvalue weighted by molar-refractivity contribution is 7.16. The number of allylic oxidation sites excluding steroid dienone is 4. The first kappa shape index (κ1) is 35.3. The van der Waals surface area contributed by atoms with Gasteiger partial charge < -0.3 is 14.2 Å². The average molecular weight is 763 g/mol. The van der Waals surface area contributed by atoms with Crippen molar-refractivity contribution in [1.82, 2.24) is 0 Å². The van der Waals surface area contributed by atoms with Gasteiger partial charge >= 0.3 is 0 Å². The van der Waals surface area contributed by atoms with Crippen molar-refractivity contribution in [3.05, 3.63) is 236 Å². The Labute approximate surface area is 341 Å². The third-order valence-corrected chi connectivity index (χ3v) is 16.4. The Morgan fingerprint density at radius 1 is 0.379 bits per heavy atom. The lowest BCUT2D eigenvalue weighted by Gasteiger charge is -2.38. The van der Waals surface area contributed by atoms with Gasteiger partial charge in [-0.3, -0.25) is 0 Å². The maximum atomic E-state index is 6.28. The van der Waals surface area contributed by atoms with E-state index in [2.05, 4.69) is 228 Å². The number of benzene rings is 8. The number of fused-ring (bicyclic) bond motifs is 3. The molecule has 1 heterocycles. The molecule has 1 aliphatic rings. The van der Waals surface area contributed by atoms with Gasteiger partial charge in [-0.15, -0.1) is 0 Å². The standard InChI is InChI=1S/C54H42N2OSi/c1-6-20-41(21-7-1)55(42-22-8-2-9-23-42)44-26-18-32-49(38-44)58(47-28-12-4-13-29-47,48-30-14-5-15-31-48)50-33-19-27-45(39-50)56(43-24-10-3-11-25-43)46-36-37-54-52(40-46)51-34-16-17-35-53(51)57-54/h1-14,16-30,32-40H,15,31H2. The van der Waals surface area contributed by atoms with E-state index in [0.29, 0.717) is 0 Å². The molecule has 278 valence electrons. The Morgan fingerprint density at radius 3 is 1.41 bits per heavy atom. The SMILES string of the molecule is C1=CCCC([Si](c2ccccc2)(c2cccc(N(c3ccccc3)c3ccccc3)c2)c2cccc(N(c3ccccc3)c3ccc4oc5ccccc5c4c3)c2)=C1. The van der Waals surface area contributed by atoms with Crippen LogP contribution in [0.1, 0.15) is 12.8 Å². The van der Waals surface area contributed by atoms with E-state index in [0.717, 1.165) is 68.9 Å². The van der Waals surface area contributed by atoms with E-state index in [1.54, 1.807) is 0 Å². The van der Waals surface area contributed by atoms with Crippen molar-refractivity contribution in [2.75, 3.05) is 9.80 Å². The van der Waals surface area contributed by atoms with Crippen molar-refractivity contribution in [3.8, 4) is 0 Å². The van der Waals surface area contributed by atoms with Crippen LogP contribution in [-0.4, -0.2) is 8.07 Å². The molecule has 0 aliphatic heterocycles. The smallest absolute Gasteiger partial charge is 0.175 e. The minimum absolute atomic E-state index is 0.888. The van der Waals surface area contributed by atoms with Crippen LogP contribution in [0.2, 0.25) is 0 Å². The molecule has 8 aromatic carbocycles. The van der Waals surface area contributed by atoms with Gasteiger partial charge in [-0.1, -0.05) is 151 Å². The topological polar surface area (TPSA) is 19.6 Å². The number of furan rings is 1. The molecule has 1 unspecified atom stereocenters. The summed E-state index contributed by atoms with van der Waals surface area (Å²) in [7, 11) is -2.91. The van der Waals surface area contributed by atoms with Crippen LogP contribution >= 0.6 is 0 Å². The molecule has 0 amide bonds. The van der Waals surface area contributed by atoms with Crippen LogP contribution in [0.5, 0.6) is 0 Å². The Morgan fingerprint density at radius 2 is 0.845 bits per heavy atom. The van der Waals surface area contributed by atoms with Crippen molar-refractivity contribution in [1.29, 1.82) is 0 Å². The number of nitrogens with zero attached hydrogens (tertiary/aromatic N) is 2. The molecule has 0 saturated carbocycles. The number of anilines is 6. The molecule has 0 spiro atoms. The molecule has 1 atom stereocenters. The van der Waals surface area contributed by atoms with Crippen molar-refractivity contribution in [3.63, 3.8) is 0 Å². The highest BCUT2D eigenvalue weighted by atomic mass is 28.3. The second-order valence-corrected chi connectivity index (χ2v) is 18.7. The lowest BCUT2D eigenvalue weighted by atomic mass is 10.1. The van der Waals surface area contributed by atoms with E-state index < -0.39 is 8.07 Å². The first-order valence-electron chi connectivity index (χ1n) is 20.1. The minimum Gasteiger partial charge on any atom is -0.456 e. The Hall–Kier alpha value is -7.14. The molecule has 1 aliphatic carbocycles. The molecule has 58 heavy (non-hydrogen) atoms. The van der Waals surface area contributed by atoms with E-state index in [1.165, 1.54) is 20.8 Å². The Balaban J connectivity index is 1.21. The maximum Gasteiger partial charge on any atom is 0.175 e. The highest BCUT2D eigenvalue weighted by Gasteiger charge is 2.43. The summed E-state index contributed by atoms with van der Waals surface area (Å²) in [5.74, 6) is 0. The van der Waals surface area contributed by atoms with Gasteiger partial charge in [0.1, 0.15) is 11.2 Å². The summed E-state index contributed by atoms with van der Waals surface area (Å²) in [6, 6.07) is 77.1. The first-order chi connectivity index (χ1) is 28.8. The summed E-state index contributed by atoms with van der Waals surface area (Å²) in [5.41, 5.74) is 8.47. The van der Waals surface area contributed by atoms with Crippen LogP contribution in [0.4, 0.5) is 34.1 Å². The molecule has 1 aromatic heterocycles. The van der Waals surface area contributed by atoms with Gasteiger partial charge in [0.25, 0.3) is 0 Å². The highest BCUT2D eigenvalue weighted by Crippen LogP contribution is 2.39. The van der Waals surface area contributed by atoms with Crippen LogP contribution in [-0.2, 0) is 0 Å². The zero-order valence-corrected chi connectivity index (χ0v) is 33.2. The number of hydrogen-bond acceptors (Lipinski definition) is 3. The average Bonchev–Trinajstić information content (AvgIpc) is 3.67. The van der Waals surface area contributed by atoms with Gasteiger partial charge in [0.2, 0.25) is 0 Å². The summed E-state index contributed by atoms with van der Waals surface area (Å²) < 4.78 is 6.28. The zero-order chi connectivity index (χ0) is 38.7. The van der Waals surface area contributed by atoms with Gasteiger partial charge in [-0.05, 0) is 113 Å². The summed E-state index contributed by atoms with van der Waals surface area (Å²) >= 11 is 0. The Bertz CT molecular complexity index is 2860. The van der Waals surface area contributed by atoms with Crippen LogP contribution in [0, 0.1) is 0 Å². The lowest BCUT2D eigenvalue weighted by molar-refractivity contribution is 0.669. The van der Waals surface area contributed by atoms with Crippen LogP contribution in [0.15, 0.2) is 240 Å². The van der Waals surface area contributed by atoms with Crippen molar-refractivity contribution in [2.24, 2.45) is 0 Å². The van der Waals surface area contributed by atoms with Crippen LogP contribution < -0.4 is 25.4 Å². The van der Waals surface area contributed by atoms with Gasteiger partial charge in [-0.2, -0.15) is 0 Å². The fourth-order valence-corrected chi connectivity index (χ4v) is 14.0. The molecule has 9 aromatic rings. The molecular formula is C54H42N2OSi. The van der Waals surface area contributed by atoms with Crippen LogP contribution in [0.25, 0.3) is 21.9 Å². The monoisotopic (exact) mass is 762 g/mol. The molecule has 10 rings (SSSR count). The molecule has 0 N–H and O–H groups in total. The summed E-state index contributed by atoms with van der Waals surface area (Å²) in [4.78, 5) is 4.78. The zero-order valence-electron chi connectivity index (χ0n) is 32.2. The molecule has 0 bridgehead atoms. The van der Waals surface area contributed by atoms with Gasteiger partial charge in [0.05, 0.1) is 0 Å². The first-order valence-corrected chi connectivity index (χ1v) is 22.1. The molecule has 3 nitrogen and oxygen atoms in total. The van der Waals surface area contributed by atoms with E-state index >= 15 is 0 Å². The van der Waals surface area contributed by atoms with Gasteiger partial charge in [0, 0.05) is 44.9 Å². The minimum atomic E-state index is -2.91. The van der Waals surface area contributed by atoms with Crippen LogP contribution in [0.3, 0.4) is 0 Å². The largest absolute Gasteiger partial charge is 0.456 e. The van der Waals surface area contributed by atoms with E-state index in [-0.39, 0.29) is 0 Å². The number of hydrogen-bond donors (Lipinski definition) is 0. The van der Waals surface area contributed by atoms with Crippen molar-refractivity contribution >= 4 is 79.7 Å². The fraction of sp³-hybridized carbons (Fsp3) is 0.0370. The molecular weight excluding hydrogens is 721 g/mol. The van der Waals surface area contributed by atoms with Crippen molar-refractivity contribution < 1.29 is 4.42 Å². The van der Waals surface area contributed by atoms with E-state index in [9.17, 15) is 0 Å². The predicted octanol–water partition coefficient (Wildman–Crippen LogP) is 12.8. The summed E-state index contributed by atoms with van der Waals surface area (Å²) in [6.45, 7) is 0. The third kappa shape index (κ3) is 6.34. The second-order valence-electron chi connectivity index (χ2n) is 14.8. The molecule has 4 heteroatoms. The number of para-hydroxylation sites is 4. The van der Waals surface area contributed by atoms with Gasteiger partial charge in [0.15, 0.2) is 8.07 Å². The molecule has 0 fully saturated rings. The second kappa shape index (κ2) is 15.4. The fourth-order valence-electron chi connectivity index (χ4n) is 8.89. The van der Waals surface area contributed by atoms with E-state index in [1.807, 2.05) is 12.1 Å². The Kier molecular flexibility index (Phi) is 9.38. The summed E-state index contributed by atoms with van der Waals surface area (Å²) in [5, 5.41) is 7.79. The summed E-state index contributed by atoms with van der Waals surface area (Å²) in [6.07, 6.45) is 9.01. The molecule has 0 saturated heterocycles. The maximum absolute atomic E-state index is 6.28. The number of rotatable bonds is 10.